The molecule has 118 valence electrons. The van der Waals surface area contributed by atoms with E-state index in [2.05, 4.69) is 14.8 Å². The SMILES string of the molecule is NOC(=O)c1cc(=O)c2c3[nH+]c4ccccc4oc-3cc(=O)c2[nH]1. The smallest absolute Gasteiger partial charge is 0.373 e. The summed E-state index contributed by atoms with van der Waals surface area (Å²) in [7, 11) is 0. The van der Waals surface area contributed by atoms with Gasteiger partial charge in [-0.1, -0.05) is 12.1 Å². The Hall–Kier alpha value is -3.52. The lowest BCUT2D eigenvalue weighted by Crippen LogP contribution is -2.22. The molecular weight excluding hydrogens is 314 g/mol. The van der Waals surface area contributed by atoms with Crippen molar-refractivity contribution in [2.45, 2.75) is 0 Å². The van der Waals surface area contributed by atoms with E-state index in [0.29, 0.717) is 16.8 Å². The van der Waals surface area contributed by atoms with Gasteiger partial charge in [0.1, 0.15) is 16.6 Å². The summed E-state index contributed by atoms with van der Waals surface area (Å²) in [5, 5.41) is 0.0978. The monoisotopic (exact) mass is 324 g/mol. The largest absolute Gasteiger partial charge is 0.443 e. The molecule has 1 aliphatic heterocycles. The number of nitrogens with one attached hydrogen (secondary N) is 2. The molecule has 0 saturated heterocycles. The first-order valence-electron chi connectivity index (χ1n) is 6.94. The number of carbonyl (C=O) groups excluding carboxylic acids is 1. The third kappa shape index (κ3) is 1.97. The summed E-state index contributed by atoms with van der Waals surface area (Å²) < 4.78 is 5.69. The molecule has 1 aliphatic carbocycles. The van der Waals surface area contributed by atoms with E-state index in [-0.39, 0.29) is 22.4 Å². The van der Waals surface area contributed by atoms with Gasteiger partial charge in [-0.25, -0.2) is 4.79 Å². The molecule has 2 heterocycles. The van der Waals surface area contributed by atoms with Crippen LogP contribution in [0.25, 0.3) is 33.5 Å². The lowest BCUT2D eigenvalue weighted by atomic mass is 10.1. The van der Waals surface area contributed by atoms with Crippen molar-refractivity contribution in [1.82, 2.24) is 4.98 Å². The zero-order valence-electron chi connectivity index (χ0n) is 12.1. The Balaban J connectivity index is 2.19. The van der Waals surface area contributed by atoms with Gasteiger partial charge in [-0.05, 0) is 6.07 Å². The van der Waals surface area contributed by atoms with Gasteiger partial charge in [-0.15, -0.1) is 0 Å². The van der Waals surface area contributed by atoms with Crippen LogP contribution < -0.4 is 21.7 Å². The molecule has 0 saturated carbocycles. The van der Waals surface area contributed by atoms with Gasteiger partial charge in [0, 0.05) is 18.2 Å². The Morgan fingerprint density at radius 3 is 2.75 bits per heavy atom. The second-order valence-electron chi connectivity index (χ2n) is 5.17. The minimum Gasteiger partial charge on any atom is -0.443 e. The van der Waals surface area contributed by atoms with Crippen LogP contribution in [0.2, 0.25) is 0 Å². The van der Waals surface area contributed by atoms with Gasteiger partial charge in [-0.2, -0.15) is 10.9 Å². The Bertz CT molecular complexity index is 1210. The number of hydrogen-bond acceptors (Lipinski definition) is 6. The van der Waals surface area contributed by atoms with Crippen molar-refractivity contribution in [2.75, 3.05) is 0 Å². The molecule has 1 aromatic carbocycles. The van der Waals surface area contributed by atoms with Crippen LogP contribution in [0.1, 0.15) is 10.5 Å². The number of H-pyrrole nitrogens is 2. The number of fused-ring (bicyclic) bond motifs is 4. The Labute approximate surface area is 132 Å². The Morgan fingerprint density at radius 2 is 1.96 bits per heavy atom. The predicted molar refractivity (Wildman–Crippen MR) is 83.4 cm³/mol. The molecule has 4 rings (SSSR count). The van der Waals surface area contributed by atoms with Crippen molar-refractivity contribution in [3.63, 3.8) is 0 Å². The third-order valence-corrected chi connectivity index (χ3v) is 3.73. The van der Waals surface area contributed by atoms with Crippen LogP contribution in [0, 0.1) is 0 Å². The molecule has 4 N–H and O–H groups in total. The van der Waals surface area contributed by atoms with Crippen LogP contribution in [-0.2, 0) is 4.84 Å². The van der Waals surface area contributed by atoms with E-state index in [1.165, 1.54) is 6.07 Å². The number of aromatic amines is 2. The first-order valence-corrected chi connectivity index (χ1v) is 6.94. The van der Waals surface area contributed by atoms with Crippen molar-refractivity contribution in [3.05, 3.63) is 62.5 Å². The zero-order valence-corrected chi connectivity index (χ0v) is 12.1. The normalized spacial score (nSPS) is 11.2. The summed E-state index contributed by atoms with van der Waals surface area (Å²) in [5.41, 5.74) is 0.305. The molecular formula is C16H10N3O5+. The van der Waals surface area contributed by atoms with Gasteiger partial charge in [0.15, 0.2) is 11.0 Å². The molecule has 0 unspecified atom stereocenters. The summed E-state index contributed by atoms with van der Waals surface area (Å²) in [6.07, 6.45) is 0. The van der Waals surface area contributed by atoms with E-state index in [1.807, 2.05) is 6.07 Å². The number of pyridine rings is 1. The number of carbonyl (C=O) groups is 1. The number of nitrogens with two attached hydrogens (primary N) is 1. The van der Waals surface area contributed by atoms with Crippen LogP contribution in [0.4, 0.5) is 0 Å². The summed E-state index contributed by atoms with van der Waals surface area (Å²) in [6, 6.07) is 9.40. The number of hydrogen-bond donors (Lipinski definition) is 2. The van der Waals surface area contributed by atoms with E-state index in [1.54, 1.807) is 18.2 Å². The topological polar surface area (TPSA) is 130 Å². The lowest BCUT2D eigenvalue weighted by molar-refractivity contribution is -0.332. The summed E-state index contributed by atoms with van der Waals surface area (Å²) in [5.74, 6) is 4.12. The summed E-state index contributed by atoms with van der Waals surface area (Å²) in [4.78, 5) is 46.1. The van der Waals surface area contributed by atoms with Gasteiger partial charge in [0.05, 0.1) is 0 Å². The minimum atomic E-state index is -0.944. The highest BCUT2D eigenvalue weighted by Gasteiger charge is 2.25. The first kappa shape index (κ1) is 14.1. The van der Waals surface area contributed by atoms with Crippen molar-refractivity contribution in [3.8, 4) is 11.5 Å². The number of rotatable bonds is 1. The molecule has 8 nitrogen and oxygen atoms in total. The Morgan fingerprint density at radius 1 is 1.17 bits per heavy atom. The number of benzene rings is 2. The summed E-state index contributed by atoms with van der Waals surface area (Å²) in [6.45, 7) is 0. The fourth-order valence-corrected chi connectivity index (χ4v) is 2.67. The molecule has 0 spiro atoms. The van der Waals surface area contributed by atoms with Gasteiger partial charge in [0.2, 0.25) is 16.7 Å². The molecule has 1 aromatic heterocycles. The average molecular weight is 324 g/mol. The fourth-order valence-electron chi connectivity index (χ4n) is 2.67. The van der Waals surface area contributed by atoms with Crippen molar-refractivity contribution in [2.24, 2.45) is 5.90 Å². The number of aromatic nitrogens is 2. The predicted octanol–water partition coefficient (Wildman–Crippen LogP) is 0.584. The van der Waals surface area contributed by atoms with Crippen LogP contribution in [0.5, 0.6) is 0 Å². The van der Waals surface area contributed by atoms with Crippen molar-refractivity contribution in [1.29, 1.82) is 0 Å². The second-order valence-corrected chi connectivity index (χ2v) is 5.17. The molecule has 2 aliphatic rings. The van der Waals surface area contributed by atoms with Gasteiger partial charge in [0.25, 0.3) is 5.69 Å². The quantitative estimate of drug-likeness (QED) is 0.299. The Kier molecular flexibility index (Phi) is 2.94. The van der Waals surface area contributed by atoms with Crippen molar-refractivity contribution >= 4 is 28.0 Å². The van der Waals surface area contributed by atoms with Crippen molar-refractivity contribution < 1.29 is 19.0 Å². The molecule has 0 amide bonds. The second kappa shape index (κ2) is 5.00. The highest BCUT2D eigenvalue weighted by Crippen LogP contribution is 2.24. The summed E-state index contributed by atoms with van der Waals surface area (Å²) >= 11 is 0. The van der Waals surface area contributed by atoms with E-state index in [4.69, 9.17) is 10.3 Å². The highest BCUT2D eigenvalue weighted by atomic mass is 16.7. The van der Waals surface area contributed by atoms with Crippen LogP contribution >= 0.6 is 0 Å². The first-order chi connectivity index (χ1) is 11.6. The zero-order chi connectivity index (χ0) is 16.8. The lowest BCUT2D eigenvalue weighted by Gasteiger charge is -2.05. The van der Waals surface area contributed by atoms with E-state index in [0.717, 1.165) is 6.07 Å². The molecule has 0 bridgehead atoms. The van der Waals surface area contributed by atoms with Crippen LogP contribution in [0.15, 0.2) is 50.4 Å². The molecule has 2 aromatic rings. The average Bonchev–Trinajstić information content (AvgIpc) is 2.59. The van der Waals surface area contributed by atoms with Gasteiger partial charge >= 0.3 is 5.97 Å². The molecule has 0 radical (unpaired) electrons. The molecule has 0 fully saturated rings. The molecule has 8 heteroatoms. The highest BCUT2D eigenvalue weighted by molar-refractivity contribution is 5.95. The maximum absolute atomic E-state index is 12.5. The van der Waals surface area contributed by atoms with E-state index in [9.17, 15) is 14.4 Å². The van der Waals surface area contributed by atoms with Gasteiger partial charge < -0.3 is 14.2 Å². The molecule has 24 heavy (non-hydrogen) atoms. The maximum atomic E-state index is 12.5. The maximum Gasteiger partial charge on any atom is 0.373 e. The van der Waals surface area contributed by atoms with Gasteiger partial charge in [-0.3, -0.25) is 9.59 Å². The van der Waals surface area contributed by atoms with E-state index >= 15 is 0 Å². The fraction of sp³-hybridized carbons (Fsp3) is 0. The van der Waals surface area contributed by atoms with Crippen LogP contribution in [-0.4, -0.2) is 11.0 Å². The van der Waals surface area contributed by atoms with E-state index < -0.39 is 16.8 Å². The molecule has 0 atom stereocenters. The minimum absolute atomic E-state index is 0.0304. The third-order valence-electron chi connectivity index (χ3n) is 3.73. The number of para-hydroxylation sites is 2. The standard InChI is InChI=1S/C16H9N3O5/c17-24-16(22)8-5-9(20)13-14(19-8)10(21)6-12-15(13)18-7-3-1-2-4-11(7)23-12/h1-6H,17H2,(H,19,20)/p+1. The van der Waals surface area contributed by atoms with Crippen LogP contribution in [0.3, 0.4) is 0 Å².